The van der Waals surface area contributed by atoms with E-state index in [1.54, 1.807) is 32.4 Å². The van der Waals surface area contributed by atoms with Crippen LogP contribution in [-0.4, -0.2) is 25.3 Å². The molecule has 0 aromatic heterocycles. The average molecular weight is 272 g/mol. The van der Waals surface area contributed by atoms with E-state index < -0.39 is 5.97 Å². The molecule has 0 saturated carbocycles. The van der Waals surface area contributed by atoms with Gasteiger partial charge in [-0.15, -0.1) is 0 Å². The molecule has 0 aliphatic heterocycles. The minimum atomic E-state index is -0.935. The molecule has 1 N–H and O–H groups in total. The minimum absolute atomic E-state index is 0.273. The molecule has 0 fully saturated rings. The Labute approximate surface area is 117 Å². The lowest BCUT2D eigenvalue weighted by Gasteiger charge is -2.10. The van der Waals surface area contributed by atoms with Gasteiger partial charge < -0.3 is 14.6 Å². The summed E-state index contributed by atoms with van der Waals surface area (Å²) in [6.45, 7) is 1.87. The number of aryl methyl sites for hydroxylation is 1. The zero-order valence-corrected chi connectivity index (χ0v) is 11.6. The Morgan fingerprint density at radius 2 is 1.65 bits per heavy atom. The first-order valence-electron chi connectivity index (χ1n) is 6.12. The summed E-state index contributed by atoms with van der Waals surface area (Å²) >= 11 is 0. The molecule has 2 rings (SSSR count). The van der Waals surface area contributed by atoms with Crippen LogP contribution in [0.5, 0.6) is 11.5 Å². The van der Waals surface area contributed by atoms with Gasteiger partial charge in [-0.05, 0) is 47.9 Å². The van der Waals surface area contributed by atoms with E-state index in [4.69, 9.17) is 14.6 Å². The highest BCUT2D eigenvalue weighted by Gasteiger charge is 2.10. The summed E-state index contributed by atoms with van der Waals surface area (Å²) in [5.41, 5.74) is 2.89. The van der Waals surface area contributed by atoms with Gasteiger partial charge in [0.15, 0.2) is 11.5 Å². The molecule has 0 spiro atoms. The van der Waals surface area contributed by atoms with Crippen molar-refractivity contribution < 1.29 is 19.4 Å². The first-order valence-corrected chi connectivity index (χ1v) is 6.12. The Balaban J connectivity index is 2.53. The van der Waals surface area contributed by atoms with Gasteiger partial charge in [-0.2, -0.15) is 0 Å². The molecule has 2 aromatic carbocycles. The zero-order valence-electron chi connectivity index (χ0n) is 11.6. The maximum absolute atomic E-state index is 11.1. The van der Waals surface area contributed by atoms with E-state index in [1.165, 1.54) is 0 Å². The molecule has 4 nitrogen and oxygen atoms in total. The van der Waals surface area contributed by atoms with E-state index in [2.05, 4.69) is 0 Å². The second kappa shape index (κ2) is 5.65. The van der Waals surface area contributed by atoms with Crippen LogP contribution in [0.15, 0.2) is 36.4 Å². The molecule has 0 atom stereocenters. The van der Waals surface area contributed by atoms with Crippen molar-refractivity contribution in [2.24, 2.45) is 0 Å². The Kier molecular flexibility index (Phi) is 3.94. The molecule has 0 aliphatic rings. The second-order valence-corrected chi connectivity index (χ2v) is 4.46. The number of ether oxygens (including phenoxy) is 2. The maximum atomic E-state index is 11.1. The fourth-order valence-electron chi connectivity index (χ4n) is 2.09. The molecule has 0 saturated heterocycles. The number of aromatic carboxylic acids is 1. The third-order valence-electron chi connectivity index (χ3n) is 3.04. The highest BCUT2D eigenvalue weighted by atomic mass is 16.5. The minimum Gasteiger partial charge on any atom is -0.493 e. The highest BCUT2D eigenvalue weighted by molar-refractivity contribution is 5.90. The van der Waals surface area contributed by atoms with Gasteiger partial charge >= 0.3 is 5.97 Å². The van der Waals surface area contributed by atoms with Crippen LogP contribution in [0.3, 0.4) is 0 Å². The van der Waals surface area contributed by atoms with Gasteiger partial charge in [-0.3, -0.25) is 0 Å². The Bertz CT molecular complexity index is 647. The van der Waals surface area contributed by atoms with E-state index in [0.717, 1.165) is 16.7 Å². The average Bonchev–Trinajstić information content (AvgIpc) is 2.45. The molecule has 0 amide bonds. The molecule has 0 aliphatic carbocycles. The number of rotatable bonds is 4. The molecular formula is C16H16O4. The monoisotopic (exact) mass is 272 g/mol. The number of hydrogen-bond acceptors (Lipinski definition) is 3. The standard InChI is InChI=1S/C16H16O4/c1-10-6-12(8-13(7-10)16(17)18)11-4-5-14(19-2)15(9-11)20-3/h4-9H,1-3H3,(H,17,18). The Morgan fingerprint density at radius 3 is 2.25 bits per heavy atom. The van der Waals surface area contributed by atoms with Crippen molar-refractivity contribution in [1.82, 2.24) is 0 Å². The van der Waals surface area contributed by atoms with Crippen LogP contribution in [0.2, 0.25) is 0 Å². The lowest BCUT2D eigenvalue weighted by molar-refractivity contribution is 0.0697. The van der Waals surface area contributed by atoms with Crippen LogP contribution in [0, 0.1) is 6.92 Å². The van der Waals surface area contributed by atoms with E-state index in [-0.39, 0.29) is 5.56 Å². The molecule has 0 heterocycles. The summed E-state index contributed by atoms with van der Waals surface area (Å²) in [7, 11) is 3.15. The van der Waals surface area contributed by atoms with Crippen LogP contribution in [0.4, 0.5) is 0 Å². The van der Waals surface area contributed by atoms with Gasteiger partial charge in [-0.1, -0.05) is 12.1 Å². The number of carbonyl (C=O) groups is 1. The summed E-state index contributed by atoms with van der Waals surface area (Å²) in [6.07, 6.45) is 0. The largest absolute Gasteiger partial charge is 0.493 e. The lowest BCUT2D eigenvalue weighted by atomic mass is 10.00. The Morgan fingerprint density at radius 1 is 0.950 bits per heavy atom. The third kappa shape index (κ3) is 2.74. The van der Waals surface area contributed by atoms with Crippen molar-refractivity contribution in [3.8, 4) is 22.6 Å². The van der Waals surface area contributed by atoms with E-state index >= 15 is 0 Å². The van der Waals surface area contributed by atoms with Gasteiger partial charge in [0.2, 0.25) is 0 Å². The quantitative estimate of drug-likeness (QED) is 0.927. The number of hydrogen-bond donors (Lipinski definition) is 1. The van der Waals surface area contributed by atoms with Gasteiger partial charge in [0.1, 0.15) is 0 Å². The smallest absolute Gasteiger partial charge is 0.335 e. The number of carboxylic acids is 1. The van der Waals surface area contributed by atoms with Crippen molar-refractivity contribution in [2.45, 2.75) is 6.92 Å². The maximum Gasteiger partial charge on any atom is 0.335 e. The lowest BCUT2D eigenvalue weighted by Crippen LogP contribution is -1.97. The van der Waals surface area contributed by atoms with Crippen molar-refractivity contribution in [3.63, 3.8) is 0 Å². The van der Waals surface area contributed by atoms with Gasteiger partial charge in [-0.25, -0.2) is 4.79 Å². The summed E-state index contributed by atoms with van der Waals surface area (Å²) in [5.74, 6) is 0.321. The summed E-state index contributed by atoms with van der Waals surface area (Å²) in [6, 6.07) is 10.7. The van der Waals surface area contributed by atoms with Gasteiger partial charge in [0, 0.05) is 0 Å². The highest BCUT2D eigenvalue weighted by Crippen LogP contribution is 2.32. The van der Waals surface area contributed by atoms with Crippen LogP contribution in [-0.2, 0) is 0 Å². The topological polar surface area (TPSA) is 55.8 Å². The van der Waals surface area contributed by atoms with Crippen LogP contribution in [0.1, 0.15) is 15.9 Å². The fraction of sp³-hybridized carbons (Fsp3) is 0.188. The molecular weight excluding hydrogens is 256 g/mol. The van der Waals surface area contributed by atoms with E-state index in [9.17, 15) is 4.79 Å². The Hall–Kier alpha value is -2.49. The third-order valence-corrected chi connectivity index (χ3v) is 3.04. The van der Waals surface area contributed by atoms with E-state index in [1.807, 2.05) is 25.1 Å². The number of benzene rings is 2. The van der Waals surface area contributed by atoms with Crippen molar-refractivity contribution in [1.29, 1.82) is 0 Å². The first kappa shape index (κ1) is 13.9. The summed E-state index contributed by atoms with van der Waals surface area (Å²) < 4.78 is 10.5. The van der Waals surface area contributed by atoms with Crippen LogP contribution >= 0.6 is 0 Å². The molecule has 4 heteroatoms. The second-order valence-electron chi connectivity index (χ2n) is 4.46. The van der Waals surface area contributed by atoms with Gasteiger partial charge in [0.25, 0.3) is 0 Å². The fourth-order valence-corrected chi connectivity index (χ4v) is 2.09. The summed E-state index contributed by atoms with van der Waals surface area (Å²) in [4.78, 5) is 11.1. The molecule has 0 radical (unpaired) electrons. The molecule has 20 heavy (non-hydrogen) atoms. The van der Waals surface area contributed by atoms with Crippen LogP contribution in [0.25, 0.3) is 11.1 Å². The summed E-state index contributed by atoms with van der Waals surface area (Å²) in [5, 5.41) is 9.12. The molecule has 0 unspecified atom stereocenters. The van der Waals surface area contributed by atoms with Crippen molar-refractivity contribution in [2.75, 3.05) is 14.2 Å². The van der Waals surface area contributed by atoms with Crippen molar-refractivity contribution in [3.05, 3.63) is 47.5 Å². The molecule has 0 bridgehead atoms. The van der Waals surface area contributed by atoms with Gasteiger partial charge in [0.05, 0.1) is 19.8 Å². The number of carboxylic acid groups (broad SMARTS) is 1. The molecule has 2 aromatic rings. The van der Waals surface area contributed by atoms with Crippen molar-refractivity contribution >= 4 is 5.97 Å². The normalized spacial score (nSPS) is 10.2. The molecule has 104 valence electrons. The van der Waals surface area contributed by atoms with Crippen LogP contribution < -0.4 is 9.47 Å². The predicted octanol–water partition coefficient (Wildman–Crippen LogP) is 3.38. The predicted molar refractivity (Wildman–Crippen MR) is 76.7 cm³/mol. The number of methoxy groups -OCH3 is 2. The first-order chi connectivity index (χ1) is 9.55. The zero-order chi connectivity index (χ0) is 14.7. The SMILES string of the molecule is COc1ccc(-c2cc(C)cc(C(=O)O)c2)cc1OC. The van der Waals surface area contributed by atoms with E-state index in [0.29, 0.717) is 11.5 Å².